The monoisotopic (exact) mass is 298 g/mol. The number of carbonyl (C=O) groups excluding carboxylic acids is 1. The maximum atomic E-state index is 12.4. The van der Waals surface area contributed by atoms with Crippen LogP contribution in [0.25, 0.3) is 0 Å². The fraction of sp³-hybridized carbons (Fsp3) is 0.235. The molecule has 21 heavy (non-hydrogen) atoms. The number of amides is 1. The van der Waals surface area contributed by atoms with Crippen LogP contribution in [0.5, 0.6) is 0 Å². The maximum absolute atomic E-state index is 12.4. The first-order valence-corrected chi connectivity index (χ1v) is 7.58. The van der Waals surface area contributed by atoms with E-state index in [-0.39, 0.29) is 5.91 Å². The molecular weight excluding hydrogens is 280 g/mol. The molecule has 1 amide bonds. The van der Waals surface area contributed by atoms with Gasteiger partial charge in [-0.2, -0.15) is 0 Å². The second-order valence-corrected chi connectivity index (χ2v) is 5.62. The summed E-state index contributed by atoms with van der Waals surface area (Å²) < 4.78 is 0. The van der Waals surface area contributed by atoms with Crippen molar-refractivity contribution in [3.8, 4) is 0 Å². The van der Waals surface area contributed by atoms with Gasteiger partial charge >= 0.3 is 0 Å². The summed E-state index contributed by atoms with van der Waals surface area (Å²) in [5.41, 5.74) is 1.91. The van der Waals surface area contributed by atoms with Crippen molar-refractivity contribution >= 4 is 24.2 Å². The molecule has 1 aliphatic rings. The van der Waals surface area contributed by atoms with E-state index >= 15 is 0 Å². The molecule has 0 unspecified atom stereocenters. The molecule has 1 fully saturated rings. The Morgan fingerprint density at radius 1 is 0.857 bits per heavy atom. The molecular formula is C17H18N2OS. The van der Waals surface area contributed by atoms with E-state index in [2.05, 4.69) is 23.6 Å². The zero-order valence-electron chi connectivity index (χ0n) is 11.8. The van der Waals surface area contributed by atoms with Crippen LogP contribution in [0, 0.1) is 0 Å². The Balaban J connectivity index is 1.66. The molecule has 1 aliphatic heterocycles. The third-order valence-corrected chi connectivity index (χ3v) is 4.19. The highest BCUT2D eigenvalue weighted by molar-refractivity contribution is 7.80. The van der Waals surface area contributed by atoms with Gasteiger partial charge in [-0.05, 0) is 24.3 Å². The van der Waals surface area contributed by atoms with Gasteiger partial charge in [0.05, 0.1) is 5.69 Å². The van der Waals surface area contributed by atoms with Gasteiger partial charge in [-0.3, -0.25) is 4.79 Å². The molecule has 1 saturated heterocycles. The van der Waals surface area contributed by atoms with Crippen molar-refractivity contribution in [1.82, 2.24) is 4.90 Å². The highest BCUT2D eigenvalue weighted by atomic mass is 32.1. The third kappa shape index (κ3) is 3.05. The van der Waals surface area contributed by atoms with Crippen LogP contribution in [-0.4, -0.2) is 37.0 Å². The van der Waals surface area contributed by atoms with Crippen LogP contribution in [0.4, 0.5) is 5.69 Å². The summed E-state index contributed by atoms with van der Waals surface area (Å²) in [6.07, 6.45) is 0. The van der Waals surface area contributed by atoms with Gasteiger partial charge in [0.2, 0.25) is 0 Å². The normalized spacial score (nSPS) is 15.1. The summed E-state index contributed by atoms with van der Waals surface area (Å²) in [6.45, 7) is 3.18. The highest BCUT2D eigenvalue weighted by Crippen LogP contribution is 2.24. The summed E-state index contributed by atoms with van der Waals surface area (Å²) in [7, 11) is 0. The first-order valence-electron chi connectivity index (χ1n) is 7.13. The number of thiol groups is 1. The van der Waals surface area contributed by atoms with Crippen molar-refractivity contribution in [1.29, 1.82) is 0 Å². The van der Waals surface area contributed by atoms with E-state index in [4.69, 9.17) is 0 Å². The molecule has 3 nitrogen and oxygen atoms in total. The van der Waals surface area contributed by atoms with Gasteiger partial charge in [0.15, 0.2) is 0 Å². The van der Waals surface area contributed by atoms with Gasteiger partial charge in [0.1, 0.15) is 0 Å². The number of rotatable bonds is 2. The number of benzene rings is 2. The molecule has 0 saturated carbocycles. The van der Waals surface area contributed by atoms with Gasteiger partial charge in [0, 0.05) is 36.6 Å². The van der Waals surface area contributed by atoms with Gasteiger partial charge in [0.25, 0.3) is 5.91 Å². The maximum Gasteiger partial charge on any atom is 0.253 e. The summed E-state index contributed by atoms with van der Waals surface area (Å²) in [5, 5.41) is 0. The van der Waals surface area contributed by atoms with E-state index in [0.29, 0.717) is 0 Å². The molecule has 0 atom stereocenters. The van der Waals surface area contributed by atoms with E-state index in [1.54, 1.807) is 0 Å². The first-order chi connectivity index (χ1) is 10.3. The fourth-order valence-electron chi connectivity index (χ4n) is 2.65. The summed E-state index contributed by atoms with van der Waals surface area (Å²) >= 11 is 4.51. The van der Waals surface area contributed by atoms with Crippen molar-refractivity contribution in [2.75, 3.05) is 31.1 Å². The van der Waals surface area contributed by atoms with E-state index in [1.807, 2.05) is 53.4 Å². The lowest BCUT2D eigenvalue weighted by Gasteiger charge is -2.36. The largest absolute Gasteiger partial charge is 0.367 e. The van der Waals surface area contributed by atoms with E-state index < -0.39 is 0 Å². The van der Waals surface area contributed by atoms with Crippen molar-refractivity contribution < 1.29 is 4.79 Å². The summed E-state index contributed by atoms with van der Waals surface area (Å²) in [6, 6.07) is 17.6. The lowest BCUT2D eigenvalue weighted by molar-refractivity contribution is 0.0746. The Kier molecular flexibility index (Phi) is 4.15. The molecule has 2 aromatic carbocycles. The number of hydrogen-bond acceptors (Lipinski definition) is 3. The minimum absolute atomic E-state index is 0.120. The van der Waals surface area contributed by atoms with Crippen LogP contribution < -0.4 is 4.90 Å². The topological polar surface area (TPSA) is 23.6 Å². The van der Waals surface area contributed by atoms with Crippen LogP contribution in [0.15, 0.2) is 59.5 Å². The molecule has 2 aromatic rings. The number of piperazine rings is 1. The predicted octanol–water partition coefficient (Wildman–Crippen LogP) is 2.94. The molecule has 0 aromatic heterocycles. The van der Waals surface area contributed by atoms with Crippen molar-refractivity contribution in [3.05, 3.63) is 60.2 Å². The molecule has 4 heteroatoms. The number of hydrogen-bond donors (Lipinski definition) is 1. The fourth-order valence-corrected chi connectivity index (χ4v) is 2.95. The van der Waals surface area contributed by atoms with Gasteiger partial charge in [-0.25, -0.2) is 0 Å². The molecule has 0 bridgehead atoms. The standard InChI is InChI=1S/C17H18N2OS/c20-17(14-6-2-1-3-7-14)19-12-10-18(11-13-19)15-8-4-5-9-16(15)21/h1-9,21H,10-13H2. The molecule has 0 radical (unpaired) electrons. The highest BCUT2D eigenvalue weighted by Gasteiger charge is 2.22. The summed E-state index contributed by atoms with van der Waals surface area (Å²) in [5.74, 6) is 0.120. The second-order valence-electron chi connectivity index (χ2n) is 5.13. The van der Waals surface area contributed by atoms with Crippen LogP contribution in [-0.2, 0) is 0 Å². The minimum atomic E-state index is 0.120. The molecule has 1 heterocycles. The van der Waals surface area contributed by atoms with Crippen LogP contribution >= 0.6 is 12.6 Å². The number of para-hydroxylation sites is 1. The Hall–Kier alpha value is -1.94. The Morgan fingerprint density at radius 3 is 2.14 bits per heavy atom. The Labute approximate surface area is 130 Å². The zero-order chi connectivity index (χ0) is 14.7. The van der Waals surface area contributed by atoms with Crippen molar-refractivity contribution in [2.45, 2.75) is 4.90 Å². The second kappa shape index (κ2) is 6.22. The lowest BCUT2D eigenvalue weighted by atomic mass is 10.1. The molecule has 3 rings (SSSR count). The van der Waals surface area contributed by atoms with E-state index in [9.17, 15) is 4.79 Å². The van der Waals surface area contributed by atoms with Gasteiger partial charge in [-0.1, -0.05) is 30.3 Å². The average Bonchev–Trinajstić information content (AvgIpc) is 2.56. The van der Waals surface area contributed by atoms with Crippen LogP contribution in [0.3, 0.4) is 0 Å². The number of carbonyl (C=O) groups is 1. The quantitative estimate of drug-likeness (QED) is 0.862. The summed E-state index contributed by atoms with van der Waals surface area (Å²) in [4.78, 5) is 17.6. The molecule has 0 N–H and O–H groups in total. The van der Waals surface area contributed by atoms with Crippen molar-refractivity contribution in [2.24, 2.45) is 0 Å². The van der Waals surface area contributed by atoms with Gasteiger partial charge in [-0.15, -0.1) is 12.6 Å². The van der Waals surface area contributed by atoms with Crippen LogP contribution in [0.1, 0.15) is 10.4 Å². The number of nitrogens with zero attached hydrogens (tertiary/aromatic N) is 2. The molecule has 0 spiro atoms. The predicted molar refractivity (Wildman–Crippen MR) is 88.3 cm³/mol. The Morgan fingerprint density at radius 2 is 1.48 bits per heavy atom. The van der Waals surface area contributed by atoms with Gasteiger partial charge < -0.3 is 9.80 Å². The molecule has 108 valence electrons. The smallest absolute Gasteiger partial charge is 0.253 e. The zero-order valence-corrected chi connectivity index (χ0v) is 12.7. The lowest BCUT2D eigenvalue weighted by Crippen LogP contribution is -2.48. The third-order valence-electron chi connectivity index (χ3n) is 3.81. The van der Waals surface area contributed by atoms with Crippen LogP contribution in [0.2, 0.25) is 0 Å². The number of anilines is 1. The Bertz CT molecular complexity index is 622. The average molecular weight is 298 g/mol. The van der Waals surface area contributed by atoms with E-state index in [0.717, 1.165) is 42.3 Å². The van der Waals surface area contributed by atoms with Crippen molar-refractivity contribution in [3.63, 3.8) is 0 Å². The first kappa shape index (κ1) is 14.0. The SMILES string of the molecule is O=C(c1ccccc1)N1CCN(c2ccccc2S)CC1. The molecule has 0 aliphatic carbocycles. The minimum Gasteiger partial charge on any atom is -0.367 e. The van der Waals surface area contributed by atoms with E-state index in [1.165, 1.54) is 0 Å².